The lowest BCUT2D eigenvalue weighted by atomic mass is 10.0. The van der Waals surface area contributed by atoms with Crippen LogP contribution in [-0.2, 0) is 4.74 Å². The van der Waals surface area contributed by atoms with Gasteiger partial charge in [-0.3, -0.25) is 4.40 Å². The summed E-state index contributed by atoms with van der Waals surface area (Å²) in [7, 11) is 0. The summed E-state index contributed by atoms with van der Waals surface area (Å²) in [4.78, 5) is 17.0. The molecule has 4 nitrogen and oxygen atoms in total. The molecule has 24 heavy (non-hydrogen) atoms. The Morgan fingerprint density at radius 1 is 1.25 bits per heavy atom. The minimum absolute atomic E-state index is 0.317. The molecule has 0 unspecified atom stereocenters. The van der Waals surface area contributed by atoms with Crippen LogP contribution in [0.3, 0.4) is 0 Å². The first-order chi connectivity index (χ1) is 11.6. The van der Waals surface area contributed by atoms with Gasteiger partial charge in [0.05, 0.1) is 23.2 Å². The third-order valence-electron chi connectivity index (χ3n) is 4.27. The van der Waals surface area contributed by atoms with Crippen LogP contribution in [0.15, 0.2) is 42.6 Å². The van der Waals surface area contributed by atoms with Crippen molar-refractivity contribution in [3.05, 3.63) is 58.7 Å². The van der Waals surface area contributed by atoms with Crippen molar-refractivity contribution in [3.63, 3.8) is 0 Å². The Morgan fingerprint density at radius 3 is 2.88 bits per heavy atom. The van der Waals surface area contributed by atoms with Crippen molar-refractivity contribution in [2.75, 3.05) is 6.61 Å². The van der Waals surface area contributed by atoms with Gasteiger partial charge >= 0.3 is 5.97 Å². The number of pyridine rings is 2. The highest BCUT2D eigenvalue weighted by Crippen LogP contribution is 2.32. The highest BCUT2D eigenvalue weighted by Gasteiger charge is 2.20. The van der Waals surface area contributed by atoms with Gasteiger partial charge in [0.1, 0.15) is 5.65 Å². The number of hydrogen-bond acceptors (Lipinski definition) is 3. The van der Waals surface area contributed by atoms with Crippen LogP contribution >= 0.6 is 11.6 Å². The Bertz CT molecular complexity index is 1110. The molecule has 3 heterocycles. The normalized spacial score (nSPS) is 11.5. The van der Waals surface area contributed by atoms with Crippen LogP contribution in [0.2, 0.25) is 5.02 Å². The summed E-state index contributed by atoms with van der Waals surface area (Å²) in [6, 6.07) is 11.5. The third-order valence-corrected chi connectivity index (χ3v) is 4.51. The number of aryl methyl sites for hydroxylation is 1. The summed E-state index contributed by atoms with van der Waals surface area (Å²) in [5, 5.41) is 2.44. The number of carbonyl (C=O) groups excluding carboxylic acids is 1. The number of carbonyl (C=O) groups is 1. The lowest BCUT2D eigenvalue weighted by Crippen LogP contribution is -2.09. The topological polar surface area (TPSA) is 43.6 Å². The van der Waals surface area contributed by atoms with Crippen LogP contribution < -0.4 is 0 Å². The smallest absolute Gasteiger partial charge is 0.339 e. The van der Waals surface area contributed by atoms with E-state index in [0.29, 0.717) is 17.2 Å². The molecule has 0 aliphatic rings. The lowest BCUT2D eigenvalue weighted by molar-refractivity contribution is 0.0528. The molecule has 4 aromatic rings. The Hall–Kier alpha value is -2.59. The molecule has 0 aliphatic carbocycles. The predicted molar refractivity (Wildman–Crippen MR) is 95.9 cm³/mol. The van der Waals surface area contributed by atoms with E-state index in [0.717, 1.165) is 33.0 Å². The summed E-state index contributed by atoms with van der Waals surface area (Å²) in [5.74, 6) is -0.317. The van der Waals surface area contributed by atoms with Gasteiger partial charge in [-0.05, 0) is 49.7 Å². The molecule has 5 heteroatoms. The minimum atomic E-state index is -0.317. The summed E-state index contributed by atoms with van der Waals surface area (Å²) in [5.41, 5.74) is 4.08. The van der Waals surface area contributed by atoms with Crippen molar-refractivity contribution in [1.29, 1.82) is 0 Å². The van der Waals surface area contributed by atoms with Crippen LogP contribution in [0.5, 0.6) is 0 Å². The minimum Gasteiger partial charge on any atom is -0.462 e. The molecule has 0 fully saturated rings. The number of esters is 1. The molecular weight excluding hydrogens is 324 g/mol. The second-order valence-corrected chi connectivity index (χ2v) is 6.10. The molecule has 0 saturated carbocycles. The van der Waals surface area contributed by atoms with E-state index in [9.17, 15) is 4.79 Å². The number of aromatic nitrogens is 2. The first-order valence-electron chi connectivity index (χ1n) is 7.77. The van der Waals surface area contributed by atoms with Gasteiger partial charge in [-0.1, -0.05) is 17.7 Å². The average molecular weight is 339 g/mol. The highest BCUT2D eigenvalue weighted by atomic mass is 35.5. The highest BCUT2D eigenvalue weighted by molar-refractivity contribution is 6.31. The van der Waals surface area contributed by atoms with Gasteiger partial charge in [-0.15, -0.1) is 0 Å². The second kappa shape index (κ2) is 5.49. The van der Waals surface area contributed by atoms with Crippen LogP contribution in [0.1, 0.15) is 22.8 Å². The fraction of sp³-hybridized carbons (Fsp3) is 0.158. The van der Waals surface area contributed by atoms with Crippen LogP contribution in [0.25, 0.3) is 27.5 Å². The van der Waals surface area contributed by atoms with Crippen LogP contribution in [0, 0.1) is 6.92 Å². The number of fused-ring (bicyclic) bond motifs is 5. The van der Waals surface area contributed by atoms with Gasteiger partial charge in [0.25, 0.3) is 0 Å². The van der Waals surface area contributed by atoms with Gasteiger partial charge < -0.3 is 4.74 Å². The standard InChI is InChI=1S/C19H15ClN2O2/c1-3-24-19(23)17-11(2)15-9-12-5-4-8-21-18(12)22(15)16-10-13(20)6-7-14(16)17/h4-10H,3H2,1-2H3. The van der Waals surface area contributed by atoms with Crippen LogP contribution in [-0.4, -0.2) is 22.0 Å². The third kappa shape index (κ3) is 2.07. The van der Waals surface area contributed by atoms with Gasteiger partial charge in [-0.25, -0.2) is 9.78 Å². The number of rotatable bonds is 2. The Morgan fingerprint density at radius 2 is 2.08 bits per heavy atom. The Labute approximate surface area is 143 Å². The summed E-state index contributed by atoms with van der Waals surface area (Å²) in [6.45, 7) is 4.08. The monoisotopic (exact) mass is 338 g/mol. The Balaban J connectivity index is 2.26. The van der Waals surface area contributed by atoms with Crippen molar-refractivity contribution in [1.82, 2.24) is 9.38 Å². The molecule has 1 aromatic carbocycles. The zero-order valence-corrected chi connectivity index (χ0v) is 14.1. The van der Waals surface area contributed by atoms with E-state index in [4.69, 9.17) is 16.3 Å². The maximum atomic E-state index is 12.5. The van der Waals surface area contributed by atoms with Gasteiger partial charge in [0, 0.05) is 22.0 Å². The van der Waals surface area contributed by atoms with E-state index in [1.807, 2.05) is 37.3 Å². The summed E-state index contributed by atoms with van der Waals surface area (Å²) < 4.78 is 7.32. The van der Waals surface area contributed by atoms with Crippen molar-refractivity contribution >= 4 is 45.0 Å². The fourth-order valence-corrected chi connectivity index (χ4v) is 3.42. The molecule has 0 aliphatic heterocycles. The zero-order valence-electron chi connectivity index (χ0n) is 13.3. The molecule has 0 radical (unpaired) electrons. The van der Waals surface area contributed by atoms with E-state index in [-0.39, 0.29) is 5.97 Å². The second-order valence-electron chi connectivity index (χ2n) is 5.66. The molecular formula is C19H15ClN2O2. The molecule has 0 spiro atoms. The van der Waals surface area contributed by atoms with Crippen molar-refractivity contribution in [2.45, 2.75) is 13.8 Å². The number of benzene rings is 1. The van der Waals surface area contributed by atoms with E-state index in [1.54, 1.807) is 19.2 Å². The van der Waals surface area contributed by atoms with Crippen molar-refractivity contribution < 1.29 is 9.53 Å². The first kappa shape index (κ1) is 15.0. The van der Waals surface area contributed by atoms with Crippen molar-refractivity contribution in [2.24, 2.45) is 0 Å². The predicted octanol–water partition coefficient (Wildman–Crippen LogP) is 4.78. The van der Waals surface area contributed by atoms with Gasteiger partial charge in [-0.2, -0.15) is 0 Å². The zero-order chi connectivity index (χ0) is 16.8. The van der Waals surface area contributed by atoms with E-state index < -0.39 is 0 Å². The SMILES string of the molecule is CCOC(=O)c1c(C)c2cc3cccnc3n2c2cc(Cl)ccc12. The maximum Gasteiger partial charge on any atom is 0.339 e. The Kier molecular flexibility index (Phi) is 3.43. The molecule has 0 bridgehead atoms. The van der Waals surface area contributed by atoms with E-state index in [1.165, 1.54) is 0 Å². The van der Waals surface area contributed by atoms with Crippen molar-refractivity contribution in [3.8, 4) is 0 Å². The molecule has 0 saturated heterocycles. The number of nitrogens with zero attached hydrogens (tertiary/aromatic N) is 2. The lowest BCUT2D eigenvalue weighted by Gasteiger charge is -2.13. The molecule has 0 N–H and O–H groups in total. The molecule has 0 atom stereocenters. The molecule has 4 rings (SSSR count). The van der Waals surface area contributed by atoms with Gasteiger partial charge in [0.15, 0.2) is 0 Å². The summed E-state index contributed by atoms with van der Waals surface area (Å²) >= 11 is 6.22. The quantitative estimate of drug-likeness (QED) is 0.494. The molecule has 120 valence electrons. The maximum absolute atomic E-state index is 12.5. The number of halogens is 1. The molecule has 0 amide bonds. The first-order valence-corrected chi connectivity index (χ1v) is 8.14. The summed E-state index contributed by atoms with van der Waals surface area (Å²) in [6.07, 6.45) is 1.76. The van der Waals surface area contributed by atoms with Gasteiger partial charge in [0.2, 0.25) is 0 Å². The van der Waals surface area contributed by atoms with E-state index >= 15 is 0 Å². The number of hydrogen-bond donors (Lipinski definition) is 0. The largest absolute Gasteiger partial charge is 0.462 e. The van der Waals surface area contributed by atoms with E-state index in [2.05, 4.69) is 9.38 Å². The van der Waals surface area contributed by atoms with Crippen LogP contribution in [0.4, 0.5) is 0 Å². The average Bonchev–Trinajstić information content (AvgIpc) is 2.96. The fourth-order valence-electron chi connectivity index (χ4n) is 3.25. The number of ether oxygens (including phenoxy) is 1. The molecule has 3 aromatic heterocycles.